The van der Waals surface area contributed by atoms with Crippen LogP contribution in [0.1, 0.15) is 26.3 Å². The molecule has 1 amide bonds. The van der Waals surface area contributed by atoms with Crippen molar-refractivity contribution < 1.29 is 14.6 Å². The smallest absolute Gasteiger partial charge is 0.410 e. The lowest BCUT2D eigenvalue weighted by atomic mass is 10.1. The monoisotopic (exact) mass is 419 g/mol. The Bertz CT molecular complexity index is 1150. The summed E-state index contributed by atoms with van der Waals surface area (Å²) in [5.74, 6) is 0.0221. The maximum Gasteiger partial charge on any atom is 0.410 e. The van der Waals surface area contributed by atoms with E-state index >= 15 is 0 Å². The summed E-state index contributed by atoms with van der Waals surface area (Å²) in [5, 5.41) is 23.6. The largest absolute Gasteiger partial charge is 0.506 e. The third-order valence-corrected chi connectivity index (χ3v) is 5.21. The van der Waals surface area contributed by atoms with Gasteiger partial charge < -0.3 is 19.6 Å². The molecule has 8 heteroatoms. The summed E-state index contributed by atoms with van der Waals surface area (Å²) < 4.78 is 6.98. The molecule has 1 aromatic carbocycles. The Morgan fingerprint density at radius 2 is 1.81 bits per heavy atom. The van der Waals surface area contributed by atoms with Crippen LogP contribution in [0.15, 0.2) is 42.7 Å². The van der Waals surface area contributed by atoms with Gasteiger partial charge in [-0.1, -0.05) is 12.1 Å². The molecule has 4 rings (SSSR count). The number of piperazine rings is 1. The van der Waals surface area contributed by atoms with Crippen molar-refractivity contribution in [1.82, 2.24) is 14.5 Å². The van der Waals surface area contributed by atoms with Crippen molar-refractivity contribution >= 4 is 17.3 Å². The Morgan fingerprint density at radius 1 is 1.13 bits per heavy atom. The van der Waals surface area contributed by atoms with Crippen LogP contribution in [0.25, 0.3) is 16.6 Å². The van der Waals surface area contributed by atoms with Gasteiger partial charge in [-0.3, -0.25) is 0 Å². The molecule has 8 nitrogen and oxygen atoms in total. The van der Waals surface area contributed by atoms with Crippen LogP contribution in [-0.4, -0.2) is 57.5 Å². The number of ether oxygens (including phenoxy) is 1. The molecule has 2 aromatic heterocycles. The number of hydrogen-bond acceptors (Lipinski definition) is 6. The van der Waals surface area contributed by atoms with E-state index in [1.54, 1.807) is 17.2 Å². The summed E-state index contributed by atoms with van der Waals surface area (Å²) in [5.41, 5.74) is 3.06. The SMILES string of the molecule is CC(C)(C)OC(=O)N1CCN(c2ccc(-c3cc(O)c4c(C#N)cnn4c3)cc2)CC1. The molecule has 3 aromatic rings. The van der Waals surface area contributed by atoms with Crippen LogP contribution < -0.4 is 4.90 Å². The quantitative estimate of drug-likeness (QED) is 0.682. The first-order valence-electron chi connectivity index (χ1n) is 10.2. The molecule has 3 heterocycles. The van der Waals surface area contributed by atoms with Gasteiger partial charge in [-0.05, 0) is 44.5 Å². The fraction of sp³-hybridized carbons (Fsp3) is 0.348. The Kier molecular flexibility index (Phi) is 5.19. The minimum atomic E-state index is -0.492. The minimum Gasteiger partial charge on any atom is -0.506 e. The van der Waals surface area contributed by atoms with Gasteiger partial charge >= 0.3 is 6.09 Å². The Hall–Kier alpha value is -3.73. The minimum absolute atomic E-state index is 0.0221. The highest BCUT2D eigenvalue weighted by molar-refractivity contribution is 5.75. The van der Waals surface area contributed by atoms with E-state index in [-0.39, 0.29) is 11.8 Å². The molecular formula is C23H25N5O3. The predicted octanol–water partition coefficient (Wildman–Crippen LogP) is 3.64. The Morgan fingerprint density at radius 3 is 2.42 bits per heavy atom. The van der Waals surface area contributed by atoms with Gasteiger partial charge in [0.1, 0.15) is 28.5 Å². The van der Waals surface area contributed by atoms with Gasteiger partial charge in [0.25, 0.3) is 0 Å². The van der Waals surface area contributed by atoms with Gasteiger partial charge in [0.2, 0.25) is 0 Å². The lowest BCUT2D eigenvalue weighted by Gasteiger charge is -2.36. The molecule has 0 unspecified atom stereocenters. The standard InChI is InChI=1S/C23H25N5O3/c1-23(2,3)31-22(30)27-10-8-26(9-11-27)19-6-4-16(5-7-19)17-12-20(29)21-18(13-24)14-25-28(21)15-17/h4-7,12,14-15,29H,8-11H2,1-3H3. The van der Waals surface area contributed by atoms with E-state index in [1.807, 2.05) is 51.1 Å². The van der Waals surface area contributed by atoms with Crippen LogP contribution in [0.2, 0.25) is 0 Å². The fourth-order valence-electron chi connectivity index (χ4n) is 3.68. The zero-order valence-corrected chi connectivity index (χ0v) is 17.9. The highest BCUT2D eigenvalue weighted by Gasteiger charge is 2.26. The Labute approximate surface area is 180 Å². The first kappa shape index (κ1) is 20.5. The van der Waals surface area contributed by atoms with Crippen molar-refractivity contribution in [3.8, 4) is 22.9 Å². The number of aromatic nitrogens is 2. The first-order valence-corrected chi connectivity index (χ1v) is 10.2. The van der Waals surface area contributed by atoms with Crippen LogP contribution in [0.4, 0.5) is 10.5 Å². The summed E-state index contributed by atoms with van der Waals surface area (Å²) in [6.45, 7) is 8.30. The maximum atomic E-state index is 12.2. The van der Waals surface area contributed by atoms with Gasteiger partial charge in [-0.2, -0.15) is 10.4 Å². The van der Waals surface area contributed by atoms with Crippen molar-refractivity contribution in [2.24, 2.45) is 0 Å². The number of nitriles is 1. The van der Waals surface area contributed by atoms with Gasteiger partial charge in [0.15, 0.2) is 0 Å². The number of pyridine rings is 1. The van der Waals surface area contributed by atoms with Crippen molar-refractivity contribution in [1.29, 1.82) is 5.26 Å². The van der Waals surface area contributed by atoms with Crippen LogP contribution in [0, 0.1) is 11.3 Å². The molecule has 1 aliphatic heterocycles. The van der Waals surface area contributed by atoms with Gasteiger partial charge in [-0.25, -0.2) is 9.31 Å². The zero-order valence-electron chi connectivity index (χ0n) is 17.9. The molecule has 1 fully saturated rings. The third kappa shape index (κ3) is 4.26. The molecule has 0 saturated carbocycles. The number of anilines is 1. The number of aromatic hydroxyl groups is 1. The van der Waals surface area contributed by atoms with E-state index in [0.29, 0.717) is 24.2 Å². The fourth-order valence-corrected chi connectivity index (χ4v) is 3.68. The number of hydrogen-bond donors (Lipinski definition) is 1. The summed E-state index contributed by atoms with van der Waals surface area (Å²) >= 11 is 0. The highest BCUT2D eigenvalue weighted by atomic mass is 16.6. The van der Waals surface area contributed by atoms with Gasteiger partial charge in [0, 0.05) is 43.6 Å². The van der Waals surface area contributed by atoms with Crippen LogP contribution in [0.3, 0.4) is 0 Å². The molecule has 0 aliphatic carbocycles. The number of fused-ring (bicyclic) bond motifs is 1. The first-order chi connectivity index (χ1) is 14.7. The second-order valence-corrected chi connectivity index (χ2v) is 8.58. The molecular weight excluding hydrogens is 394 g/mol. The average molecular weight is 419 g/mol. The molecule has 0 radical (unpaired) electrons. The van der Waals surface area contributed by atoms with Crippen molar-refractivity contribution in [2.45, 2.75) is 26.4 Å². The number of rotatable bonds is 2. The summed E-state index contributed by atoms with van der Waals surface area (Å²) in [4.78, 5) is 16.2. The predicted molar refractivity (Wildman–Crippen MR) is 117 cm³/mol. The molecule has 160 valence electrons. The second-order valence-electron chi connectivity index (χ2n) is 8.58. The second kappa shape index (κ2) is 7.84. The van der Waals surface area contributed by atoms with E-state index in [2.05, 4.69) is 10.00 Å². The number of carbonyl (C=O) groups excluding carboxylic acids is 1. The molecule has 0 spiro atoms. The van der Waals surface area contributed by atoms with E-state index in [1.165, 1.54) is 10.7 Å². The molecule has 1 aliphatic rings. The molecule has 0 atom stereocenters. The number of amides is 1. The van der Waals surface area contributed by atoms with Crippen molar-refractivity contribution in [3.63, 3.8) is 0 Å². The number of carbonyl (C=O) groups is 1. The molecule has 0 bridgehead atoms. The van der Waals surface area contributed by atoms with E-state index in [4.69, 9.17) is 10.00 Å². The zero-order chi connectivity index (χ0) is 22.2. The van der Waals surface area contributed by atoms with Crippen molar-refractivity contribution in [3.05, 3.63) is 48.3 Å². The topological polar surface area (TPSA) is 94.1 Å². The van der Waals surface area contributed by atoms with Crippen LogP contribution in [-0.2, 0) is 4.74 Å². The summed E-state index contributed by atoms with van der Waals surface area (Å²) in [6.07, 6.45) is 2.97. The molecule has 31 heavy (non-hydrogen) atoms. The van der Waals surface area contributed by atoms with Gasteiger partial charge in [-0.15, -0.1) is 0 Å². The van der Waals surface area contributed by atoms with E-state index < -0.39 is 5.60 Å². The summed E-state index contributed by atoms with van der Waals surface area (Å²) in [7, 11) is 0. The van der Waals surface area contributed by atoms with Crippen LogP contribution in [0.5, 0.6) is 5.75 Å². The maximum absolute atomic E-state index is 12.2. The summed E-state index contributed by atoms with van der Waals surface area (Å²) in [6, 6.07) is 11.7. The van der Waals surface area contributed by atoms with Crippen molar-refractivity contribution in [2.75, 3.05) is 31.1 Å². The molecule has 1 N–H and O–H groups in total. The lowest BCUT2D eigenvalue weighted by Crippen LogP contribution is -2.50. The third-order valence-electron chi connectivity index (χ3n) is 5.21. The van der Waals surface area contributed by atoms with E-state index in [0.717, 1.165) is 29.9 Å². The lowest BCUT2D eigenvalue weighted by molar-refractivity contribution is 0.0240. The molecule has 1 saturated heterocycles. The number of nitrogens with zero attached hydrogens (tertiary/aromatic N) is 5. The Balaban J connectivity index is 1.45. The van der Waals surface area contributed by atoms with Crippen LogP contribution >= 0.6 is 0 Å². The number of benzene rings is 1. The van der Waals surface area contributed by atoms with E-state index in [9.17, 15) is 9.90 Å². The highest BCUT2D eigenvalue weighted by Crippen LogP contribution is 2.30. The normalized spacial score (nSPS) is 14.5. The average Bonchev–Trinajstić information content (AvgIpc) is 3.16. The van der Waals surface area contributed by atoms with Gasteiger partial charge in [0.05, 0.1) is 6.20 Å².